The Hall–Kier alpha value is -4.46. The van der Waals surface area contributed by atoms with Gasteiger partial charge in [-0.15, -0.1) is 5.10 Å². The SMILES string of the molecule is O=C(Nc1nnc(-c2ccco2)o1)c1cc(-c2ccccc2)nc2ccc(O)cc12. The minimum absolute atomic E-state index is 0.0312. The van der Waals surface area contributed by atoms with Crippen LogP contribution in [0.4, 0.5) is 6.01 Å². The molecule has 8 nitrogen and oxygen atoms in total. The van der Waals surface area contributed by atoms with Crippen molar-refractivity contribution in [3.8, 4) is 28.7 Å². The fraction of sp³-hybridized carbons (Fsp3) is 0. The second-order valence-corrected chi connectivity index (χ2v) is 6.47. The van der Waals surface area contributed by atoms with Crippen LogP contribution in [0.5, 0.6) is 5.75 Å². The molecule has 0 saturated heterocycles. The van der Waals surface area contributed by atoms with E-state index in [1.165, 1.54) is 18.4 Å². The van der Waals surface area contributed by atoms with Crippen molar-refractivity contribution in [3.05, 3.63) is 78.6 Å². The molecule has 0 atom stereocenters. The molecular weight excluding hydrogens is 384 g/mol. The maximum absolute atomic E-state index is 13.0. The van der Waals surface area contributed by atoms with Crippen LogP contribution in [0.15, 0.2) is 81.8 Å². The average molecular weight is 398 g/mol. The molecule has 1 amide bonds. The van der Waals surface area contributed by atoms with Crippen molar-refractivity contribution in [2.24, 2.45) is 0 Å². The van der Waals surface area contributed by atoms with Crippen LogP contribution >= 0.6 is 0 Å². The molecule has 0 spiro atoms. The second kappa shape index (κ2) is 7.17. The smallest absolute Gasteiger partial charge is 0.322 e. The third kappa shape index (κ3) is 3.26. The van der Waals surface area contributed by atoms with Crippen molar-refractivity contribution in [3.63, 3.8) is 0 Å². The molecule has 3 aromatic heterocycles. The third-order valence-corrected chi connectivity index (χ3v) is 4.48. The lowest BCUT2D eigenvalue weighted by Gasteiger charge is -2.09. The molecule has 0 aliphatic carbocycles. The molecule has 5 aromatic rings. The lowest BCUT2D eigenvalue weighted by Crippen LogP contribution is -2.13. The number of nitrogens with zero attached hydrogens (tertiary/aromatic N) is 3. The Kier molecular flexibility index (Phi) is 4.21. The fourth-order valence-corrected chi connectivity index (χ4v) is 3.10. The highest BCUT2D eigenvalue weighted by molar-refractivity contribution is 6.12. The van der Waals surface area contributed by atoms with Crippen LogP contribution in [0, 0.1) is 0 Å². The van der Waals surface area contributed by atoms with E-state index in [0.717, 1.165) is 5.56 Å². The van der Waals surface area contributed by atoms with E-state index in [9.17, 15) is 9.90 Å². The number of hydrogen-bond acceptors (Lipinski definition) is 7. The molecule has 3 heterocycles. The molecule has 30 heavy (non-hydrogen) atoms. The Morgan fingerprint density at radius 3 is 2.63 bits per heavy atom. The van der Waals surface area contributed by atoms with Crippen molar-refractivity contribution in [1.29, 1.82) is 0 Å². The van der Waals surface area contributed by atoms with E-state index < -0.39 is 5.91 Å². The number of hydrogen-bond donors (Lipinski definition) is 2. The van der Waals surface area contributed by atoms with Gasteiger partial charge in [-0.2, -0.15) is 0 Å². The van der Waals surface area contributed by atoms with Crippen molar-refractivity contribution in [2.45, 2.75) is 0 Å². The van der Waals surface area contributed by atoms with Gasteiger partial charge in [0.2, 0.25) is 0 Å². The van der Waals surface area contributed by atoms with Crippen LogP contribution in [0.3, 0.4) is 0 Å². The quantitative estimate of drug-likeness (QED) is 0.458. The molecule has 0 aliphatic heterocycles. The topological polar surface area (TPSA) is 114 Å². The number of benzene rings is 2. The monoisotopic (exact) mass is 398 g/mol. The minimum atomic E-state index is -0.472. The van der Waals surface area contributed by atoms with Crippen LogP contribution in [-0.4, -0.2) is 26.2 Å². The number of furan rings is 1. The van der Waals surface area contributed by atoms with E-state index in [-0.39, 0.29) is 17.7 Å². The molecule has 5 rings (SSSR count). The van der Waals surface area contributed by atoms with Gasteiger partial charge >= 0.3 is 6.01 Å². The summed E-state index contributed by atoms with van der Waals surface area (Å²) in [6.45, 7) is 0. The van der Waals surface area contributed by atoms with Crippen LogP contribution in [0.25, 0.3) is 33.8 Å². The first-order valence-electron chi connectivity index (χ1n) is 9.05. The normalized spacial score (nSPS) is 10.9. The van der Waals surface area contributed by atoms with Gasteiger partial charge in [0.1, 0.15) is 5.75 Å². The third-order valence-electron chi connectivity index (χ3n) is 4.48. The molecule has 8 heteroatoms. The van der Waals surface area contributed by atoms with Crippen molar-refractivity contribution < 1.29 is 18.7 Å². The lowest BCUT2D eigenvalue weighted by molar-refractivity contribution is 0.102. The molecule has 0 unspecified atom stereocenters. The molecular formula is C22H14N4O4. The number of anilines is 1. The Morgan fingerprint density at radius 1 is 0.967 bits per heavy atom. The predicted molar refractivity (Wildman–Crippen MR) is 109 cm³/mol. The first kappa shape index (κ1) is 17.6. The number of aromatic hydroxyl groups is 1. The highest BCUT2D eigenvalue weighted by Gasteiger charge is 2.18. The van der Waals surface area contributed by atoms with Crippen LogP contribution in [-0.2, 0) is 0 Å². The van der Waals surface area contributed by atoms with Crippen LogP contribution in [0.1, 0.15) is 10.4 Å². The largest absolute Gasteiger partial charge is 0.508 e. The number of aromatic nitrogens is 3. The summed E-state index contributed by atoms with van der Waals surface area (Å²) in [4.78, 5) is 17.7. The summed E-state index contributed by atoms with van der Waals surface area (Å²) < 4.78 is 10.7. The van der Waals surface area contributed by atoms with Crippen LogP contribution < -0.4 is 5.32 Å². The van der Waals surface area contributed by atoms with Crippen molar-refractivity contribution >= 4 is 22.8 Å². The van der Waals surface area contributed by atoms with Crippen LogP contribution in [0.2, 0.25) is 0 Å². The van der Waals surface area contributed by atoms with E-state index in [1.54, 1.807) is 24.3 Å². The van der Waals surface area contributed by atoms with Gasteiger partial charge in [-0.1, -0.05) is 35.4 Å². The van der Waals surface area contributed by atoms with Gasteiger partial charge in [0, 0.05) is 10.9 Å². The maximum Gasteiger partial charge on any atom is 0.322 e. The molecule has 146 valence electrons. The van der Waals surface area contributed by atoms with Gasteiger partial charge in [-0.05, 0) is 36.4 Å². The summed E-state index contributed by atoms with van der Waals surface area (Å²) in [7, 11) is 0. The fourth-order valence-electron chi connectivity index (χ4n) is 3.10. The van der Waals surface area contributed by atoms with Crippen molar-refractivity contribution in [2.75, 3.05) is 5.32 Å². The zero-order chi connectivity index (χ0) is 20.5. The van der Waals surface area contributed by atoms with E-state index in [0.29, 0.717) is 27.9 Å². The first-order valence-corrected chi connectivity index (χ1v) is 9.05. The number of fused-ring (bicyclic) bond motifs is 1. The van der Waals surface area contributed by atoms with E-state index in [2.05, 4.69) is 20.5 Å². The number of rotatable bonds is 4. The van der Waals surface area contributed by atoms with Gasteiger partial charge in [0.25, 0.3) is 11.8 Å². The zero-order valence-electron chi connectivity index (χ0n) is 15.4. The van der Waals surface area contributed by atoms with Crippen molar-refractivity contribution in [1.82, 2.24) is 15.2 Å². The number of carbonyl (C=O) groups is 1. The summed E-state index contributed by atoms with van der Waals surface area (Å²) in [5.41, 5.74) is 2.37. The first-order chi connectivity index (χ1) is 14.7. The second-order valence-electron chi connectivity index (χ2n) is 6.47. The molecule has 2 aromatic carbocycles. The molecule has 0 bridgehead atoms. The Bertz CT molecular complexity index is 1340. The van der Waals surface area contributed by atoms with E-state index in [1.807, 2.05) is 30.3 Å². The summed E-state index contributed by atoms with van der Waals surface area (Å²) in [5.74, 6) is 0.106. The van der Waals surface area contributed by atoms with E-state index >= 15 is 0 Å². The maximum atomic E-state index is 13.0. The molecule has 0 radical (unpaired) electrons. The predicted octanol–water partition coefficient (Wildman–Crippen LogP) is 4.50. The number of nitrogens with one attached hydrogen (secondary N) is 1. The zero-order valence-corrected chi connectivity index (χ0v) is 15.4. The molecule has 0 aliphatic rings. The molecule has 2 N–H and O–H groups in total. The van der Waals surface area contributed by atoms with Gasteiger partial charge in [-0.25, -0.2) is 4.98 Å². The summed E-state index contributed by atoms with van der Waals surface area (Å²) in [6, 6.07) is 19.1. The number of amides is 1. The summed E-state index contributed by atoms with van der Waals surface area (Å²) >= 11 is 0. The number of phenolic OH excluding ortho intramolecular Hbond substituents is 1. The van der Waals surface area contributed by atoms with Gasteiger partial charge < -0.3 is 13.9 Å². The number of carbonyl (C=O) groups excluding carboxylic acids is 1. The Morgan fingerprint density at radius 2 is 1.83 bits per heavy atom. The van der Waals surface area contributed by atoms with E-state index in [4.69, 9.17) is 8.83 Å². The Labute approximate surface area is 169 Å². The number of phenols is 1. The molecule has 0 fully saturated rings. The standard InChI is InChI=1S/C22H14N4O4/c27-14-8-9-17-15(11-14)16(12-18(23-17)13-5-2-1-3-6-13)20(28)24-22-26-25-21(30-22)19-7-4-10-29-19/h1-12,27H,(H,24,26,28). The van der Waals surface area contributed by atoms with Gasteiger partial charge in [0.05, 0.1) is 23.0 Å². The average Bonchev–Trinajstić information content (AvgIpc) is 3.45. The lowest BCUT2D eigenvalue weighted by atomic mass is 10.0. The minimum Gasteiger partial charge on any atom is -0.508 e. The Balaban J connectivity index is 1.55. The van der Waals surface area contributed by atoms with Gasteiger partial charge in [0.15, 0.2) is 5.76 Å². The highest BCUT2D eigenvalue weighted by Crippen LogP contribution is 2.28. The summed E-state index contributed by atoms with van der Waals surface area (Å²) in [6.07, 6.45) is 1.48. The molecule has 0 saturated carbocycles. The highest BCUT2D eigenvalue weighted by atomic mass is 16.4. The summed E-state index contributed by atoms with van der Waals surface area (Å²) in [5, 5.41) is 20.7. The van der Waals surface area contributed by atoms with Gasteiger partial charge in [-0.3, -0.25) is 10.1 Å². The number of pyridine rings is 1.